The average Bonchev–Trinajstić information content (AvgIpc) is 2.47. The van der Waals surface area contributed by atoms with E-state index in [1.54, 1.807) is 6.92 Å². The monoisotopic (exact) mass is 347 g/mol. The number of aromatic nitrogens is 1. The van der Waals surface area contributed by atoms with Crippen molar-refractivity contribution in [2.75, 3.05) is 6.54 Å². The molecule has 10 heteroatoms. The van der Waals surface area contributed by atoms with Crippen molar-refractivity contribution in [2.45, 2.75) is 30.7 Å². The number of hydrogen-bond acceptors (Lipinski definition) is 6. The number of amides is 3. The van der Waals surface area contributed by atoms with Gasteiger partial charge in [-0.05, 0) is 37.7 Å². The molecule has 0 radical (unpaired) electrons. The number of urea groups is 1. The Balaban J connectivity index is 2.72. The van der Waals surface area contributed by atoms with Gasteiger partial charge >= 0.3 is 12.0 Å². The number of imide groups is 1. The van der Waals surface area contributed by atoms with E-state index in [1.807, 2.05) is 5.32 Å². The minimum absolute atomic E-state index is 0.0962. The quantitative estimate of drug-likeness (QED) is 0.601. The number of nitrogens with zero attached hydrogens (tertiary/aromatic N) is 1. The SMILES string of the molecule is CCNC(=O)NC(=O)[C@H](C)OC(=O)c1cccnc1SC(F)F. The first kappa shape index (κ1) is 18.8. The molecule has 0 saturated carbocycles. The molecule has 126 valence electrons. The number of thioether (sulfide) groups is 1. The largest absolute Gasteiger partial charge is 0.449 e. The molecule has 0 aliphatic heterocycles. The van der Waals surface area contributed by atoms with Gasteiger partial charge in [0.1, 0.15) is 5.03 Å². The van der Waals surface area contributed by atoms with E-state index >= 15 is 0 Å². The summed E-state index contributed by atoms with van der Waals surface area (Å²) < 4.78 is 29.7. The maximum absolute atomic E-state index is 12.4. The van der Waals surface area contributed by atoms with Gasteiger partial charge in [-0.15, -0.1) is 0 Å². The van der Waals surface area contributed by atoms with Crippen molar-refractivity contribution >= 4 is 29.7 Å². The van der Waals surface area contributed by atoms with E-state index in [0.717, 1.165) is 0 Å². The molecule has 1 heterocycles. The molecule has 1 aromatic heterocycles. The van der Waals surface area contributed by atoms with E-state index in [1.165, 1.54) is 25.3 Å². The third kappa shape index (κ3) is 6.19. The number of carbonyl (C=O) groups is 3. The lowest BCUT2D eigenvalue weighted by molar-refractivity contribution is -0.127. The van der Waals surface area contributed by atoms with Crippen molar-refractivity contribution < 1.29 is 27.9 Å². The molecule has 1 rings (SSSR count). The Kier molecular flexibility index (Phi) is 7.39. The number of halogens is 2. The van der Waals surface area contributed by atoms with Crippen molar-refractivity contribution in [3.05, 3.63) is 23.9 Å². The molecule has 2 N–H and O–H groups in total. The van der Waals surface area contributed by atoms with Crippen LogP contribution < -0.4 is 10.6 Å². The Labute approximate surface area is 135 Å². The summed E-state index contributed by atoms with van der Waals surface area (Å²) in [7, 11) is 0. The van der Waals surface area contributed by atoms with Gasteiger partial charge in [0.25, 0.3) is 11.7 Å². The van der Waals surface area contributed by atoms with Gasteiger partial charge in [-0.2, -0.15) is 8.78 Å². The number of nitrogens with one attached hydrogen (secondary N) is 2. The third-order valence-electron chi connectivity index (χ3n) is 2.42. The first-order chi connectivity index (χ1) is 10.8. The third-order valence-corrected chi connectivity index (χ3v) is 3.15. The van der Waals surface area contributed by atoms with Crippen LogP contribution in [-0.4, -0.2) is 41.3 Å². The highest BCUT2D eigenvalue weighted by Crippen LogP contribution is 2.26. The first-order valence-corrected chi connectivity index (χ1v) is 7.42. The molecule has 0 aliphatic carbocycles. The van der Waals surface area contributed by atoms with E-state index in [4.69, 9.17) is 4.74 Å². The Bertz CT molecular complexity index is 586. The highest BCUT2D eigenvalue weighted by molar-refractivity contribution is 7.99. The molecule has 23 heavy (non-hydrogen) atoms. The zero-order valence-electron chi connectivity index (χ0n) is 12.3. The van der Waals surface area contributed by atoms with Crippen LogP contribution in [-0.2, 0) is 9.53 Å². The van der Waals surface area contributed by atoms with E-state index in [2.05, 4.69) is 10.3 Å². The van der Waals surface area contributed by atoms with Gasteiger partial charge in [-0.1, -0.05) is 0 Å². The summed E-state index contributed by atoms with van der Waals surface area (Å²) >= 11 is 0.0962. The second-order valence-electron chi connectivity index (χ2n) is 4.13. The molecule has 1 aromatic rings. The second kappa shape index (κ2) is 9.03. The number of ether oxygens (including phenoxy) is 1. The molecular formula is C13H15F2N3O4S. The smallest absolute Gasteiger partial charge is 0.341 e. The number of pyridine rings is 1. The van der Waals surface area contributed by atoms with Gasteiger partial charge in [0.05, 0.1) is 5.56 Å². The molecule has 1 atom stereocenters. The Morgan fingerprint density at radius 1 is 1.39 bits per heavy atom. The van der Waals surface area contributed by atoms with Crippen LogP contribution in [0.5, 0.6) is 0 Å². The summed E-state index contributed by atoms with van der Waals surface area (Å²) in [6.07, 6.45) is -0.0260. The minimum Gasteiger partial charge on any atom is -0.449 e. The van der Waals surface area contributed by atoms with Crippen molar-refractivity contribution in [2.24, 2.45) is 0 Å². The summed E-state index contributed by atoms with van der Waals surface area (Å²) in [6.45, 7) is 3.23. The molecule has 0 aromatic carbocycles. The Morgan fingerprint density at radius 3 is 2.70 bits per heavy atom. The van der Waals surface area contributed by atoms with Crippen LogP contribution >= 0.6 is 11.8 Å². The summed E-state index contributed by atoms with van der Waals surface area (Å²) in [4.78, 5) is 38.5. The molecule has 0 aliphatic rings. The summed E-state index contributed by atoms with van der Waals surface area (Å²) in [6, 6.07) is 1.91. The van der Waals surface area contributed by atoms with Crippen LogP contribution in [0, 0.1) is 0 Å². The van der Waals surface area contributed by atoms with Crippen LogP contribution in [0.4, 0.5) is 13.6 Å². The molecule has 0 spiro atoms. The lowest BCUT2D eigenvalue weighted by atomic mass is 10.3. The Morgan fingerprint density at radius 2 is 2.09 bits per heavy atom. The second-order valence-corrected chi connectivity index (χ2v) is 5.11. The molecule has 0 bridgehead atoms. The molecular weight excluding hydrogens is 332 g/mol. The number of rotatable bonds is 6. The number of hydrogen-bond donors (Lipinski definition) is 2. The number of alkyl halides is 2. The lowest BCUT2D eigenvalue weighted by Crippen LogP contribution is -2.44. The highest BCUT2D eigenvalue weighted by atomic mass is 32.2. The predicted molar refractivity (Wildman–Crippen MR) is 78.2 cm³/mol. The van der Waals surface area contributed by atoms with Gasteiger partial charge in [0.2, 0.25) is 0 Å². The van der Waals surface area contributed by atoms with Gasteiger partial charge in [0.15, 0.2) is 6.10 Å². The maximum atomic E-state index is 12.4. The van der Waals surface area contributed by atoms with E-state index < -0.39 is 29.8 Å². The van der Waals surface area contributed by atoms with Crippen LogP contribution in [0.2, 0.25) is 0 Å². The average molecular weight is 347 g/mol. The maximum Gasteiger partial charge on any atom is 0.341 e. The van der Waals surface area contributed by atoms with Gasteiger partial charge in [0, 0.05) is 12.7 Å². The Hall–Kier alpha value is -2.23. The molecule has 7 nitrogen and oxygen atoms in total. The number of esters is 1. The molecule has 0 unspecified atom stereocenters. The van der Waals surface area contributed by atoms with Crippen molar-refractivity contribution in [1.82, 2.24) is 15.6 Å². The van der Waals surface area contributed by atoms with Crippen LogP contribution in [0.1, 0.15) is 24.2 Å². The van der Waals surface area contributed by atoms with Crippen molar-refractivity contribution in [3.8, 4) is 0 Å². The highest BCUT2D eigenvalue weighted by Gasteiger charge is 2.23. The van der Waals surface area contributed by atoms with Crippen LogP contribution in [0.15, 0.2) is 23.4 Å². The zero-order valence-corrected chi connectivity index (χ0v) is 13.2. The van der Waals surface area contributed by atoms with Gasteiger partial charge in [-0.25, -0.2) is 14.6 Å². The fourth-order valence-corrected chi connectivity index (χ4v) is 1.99. The fourth-order valence-electron chi connectivity index (χ4n) is 1.42. The summed E-state index contributed by atoms with van der Waals surface area (Å²) in [5.74, 6) is -4.58. The first-order valence-electron chi connectivity index (χ1n) is 6.54. The topological polar surface area (TPSA) is 97.4 Å². The minimum atomic E-state index is -2.75. The molecule has 0 fully saturated rings. The predicted octanol–water partition coefficient (Wildman–Crippen LogP) is 1.79. The normalized spacial score (nSPS) is 11.7. The standard InChI is InChI=1S/C13H15F2N3O4S/c1-3-16-13(21)18-9(19)7(2)22-11(20)8-5-4-6-17-10(8)23-12(14)15/h4-7,12H,3H2,1-2H3,(H2,16,18,19,21)/t7-/m0/s1. The number of carbonyl (C=O) groups excluding carboxylic acids is 3. The van der Waals surface area contributed by atoms with Gasteiger partial charge < -0.3 is 10.1 Å². The van der Waals surface area contributed by atoms with Crippen molar-refractivity contribution in [3.63, 3.8) is 0 Å². The van der Waals surface area contributed by atoms with Crippen LogP contribution in [0.25, 0.3) is 0 Å². The zero-order chi connectivity index (χ0) is 17.4. The van der Waals surface area contributed by atoms with Crippen molar-refractivity contribution in [1.29, 1.82) is 0 Å². The van der Waals surface area contributed by atoms with E-state index in [0.29, 0.717) is 6.54 Å². The molecule has 3 amide bonds. The molecule has 0 saturated heterocycles. The summed E-state index contributed by atoms with van der Waals surface area (Å²) in [5, 5.41) is 4.11. The summed E-state index contributed by atoms with van der Waals surface area (Å²) in [5.41, 5.74) is -0.185. The lowest BCUT2D eigenvalue weighted by Gasteiger charge is -2.14. The van der Waals surface area contributed by atoms with Gasteiger partial charge in [-0.3, -0.25) is 10.1 Å². The fraction of sp³-hybridized carbons (Fsp3) is 0.385. The van der Waals surface area contributed by atoms with E-state index in [9.17, 15) is 23.2 Å². The van der Waals surface area contributed by atoms with Crippen LogP contribution in [0.3, 0.4) is 0 Å². The van der Waals surface area contributed by atoms with E-state index in [-0.39, 0.29) is 22.4 Å².